The summed E-state index contributed by atoms with van der Waals surface area (Å²) in [5.74, 6) is 0.227. The van der Waals surface area contributed by atoms with E-state index in [0.29, 0.717) is 17.9 Å². The second kappa shape index (κ2) is 6.30. The minimum Gasteiger partial charge on any atom is -0.406 e. The summed E-state index contributed by atoms with van der Waals surface area (Å²) in [5, 5.41) is 8.65. The smallest absolute Gasteiger partial charge is 0.406 e. The number of hydrogen-bond acceptors (Lipinski definition) is 5. The molecule has 0 amide bonds. The van der Waals surface area contributed by atoms with Crippen molar-refractivity contribution in [3.05, 3.63) is 47.9 Å². The molecule has 0 fully saturated rings. The predicted molar refractivity (Wildman–Crippen MR) is 72.0 cm³/mol. The Balaban J connectivity index is 2.09. The zero-order valence-electron chi connectivity index (χ0n) is 11.5. The molecule has 8 heteroatoms. The number of nitriles is 1. The molecule has 2 rings (SSSR count). The van der Waals surface area contributed by atoms with E-state index >= 15 is 0 Å². The maximum Gasteiger partial charge on any atom is 0.573 e. The highest BCUT2D eigenvalue weighted by Crippen LogP contribution is 2.24. The van der Waals surface area contributed by atoms with Crippen molar-refractivity contribution < 1.29 is 17.9 Å². The SMILES string of the molecule is CN(Cc1cccc(OC(F)(F)F)c1)c1cnc(C#N)cn1. The number of alkyl halides is 3. The number of rotatable bonds is 4. The zero-order valence-corrected chi connectivity index (χ0v) is 11.5. The topological polar surface area (TPSA) is 62.0 Å². The molecule has 0 aliphatic rings. The lowest BCUT2D eigenvalue weighted by Crippen LogP contribution is -2.19. The Kier molecular flexibility index (Phi) is 4.46. The van der Waals surface area contributed by atoms with Crippen molar-refractivity contribution in [3.8, 4) is 11.8 Å². The van der Waals surface area contributed by atoms with Crippen molar-refractivity contribution in [2.24, 2.45) is 0 Å². The molecule has 22 heavy (non-hydrogen) atoms. The van der Waals surface area contributed by atoms with Gasteiger partial charge in [-0.1, -0.05) is 12.1 Å². The summed E-state index contributed by atoms with van der Waals surface area (Å²) in [7, 11) is 1.72. The second-order valence-electron chi connectivity index (χ2n) is 4.42. The van der Waals surface area contributed by atoms with Gasteiger partial charge in [0.25, 0.3) is 0 Å². The van der Waals surface area contributed by atoms with Gasteiger partial charge in [0, 0.05) is 13.6 Å². The molecule has 0 saturated heterocycles. The van der Waals surface area contributed by atoms with Crippen LogP contribution >= 0.6 is 0 Å². The number of aromatic nitrogens is 2. The minimum atomic E-state index is -4.72. The number of benzene rings is 1. The van der Waals surface area contributed by atoms with E-state index in [2.05, 4.69) is 14.7 Å². The van der Waals surface area contributed by atoms with Gasteiger partial charge in [-0.25, -0.2) is 9.97 Å². The molecule has 0 bridgehead atoms. The van der Waals surface area contributed by atoms with Crippen LogP contribution in [0.3, 0.4) is 0 Å². The fourth-order valence-corrected chi connectivity index (χ4v) is 1.77. The number of nitrogens with zero attached hydrogens (tertiary/aromatic N) is 4. The van der Waals surface area contributed by atoms with Crippen LogP contribution in [0.1, 0.15) is 11.3 Å². The van der Waals surface area contributed by atoms with Gasteiger partial charge >= 0.3 is 6.36 Å². The standard InChI is InChI=1S/C14H11F3N4O/c1-21(13-8-19-11(6-18)7-20-13)9-10-3-2-4-12(5-10)22-14(15,16)17/h2-5,7-8H,9H2,1H3. The van der Waals surface area contributed by atoms with Gasteiger partial charge in [-0.2, -0.15) is 5.26 Å². The second-order valence-corrected chi connectivity index (χ2v) is 4.42. The number of halogens is 3. The van der Waals surface area contributed by atoms with Crippen LogP contribution in [-0.4, -0.2) is 23.4 Å². The van der Waals surface area contributed by atoms with E-state index in [0.717, 1.165) is 0 Å². The van der Waals surface area contributed by atoms with Gasteiger partial charge in [0.05, 0.1) is 12.4 Å². The lowest BCUT2D eigenvalue weighted by atomic mass is 10.2. The van der Waals surface area contributed by atoms with Crippen LogP contribution in [0.15, 0.2) is 36.7 Å². The molecule has 114 valence electrons. The van der Waals surface area contributed by atoms with Crippen molar-refractivity contribution in [1.29, 1.82) is 5.26 Å². The maximum atomic E-state index is 12.2. The van der Waals surface area contributed by atoms with Crippen molar-refractivity contribution >= 4 is 5.82 Å². The quantitative estimate of drug-likeness (QED) is 0.869. The Morgan fingerprint density at radius 3 is 2.64 bits per heavy atom. The molecule has 0 atom stereocenters. The number of hydrogen-bond donors (Lipinski definition) is 0. The third kappa shape index (κ3) is 4.34. The molecule has 0 aliphatic heterocycles. The van der Waals surface area contributed by atoms with Crippen molar-refractivity contribution in [2.75, 3.05) is 11.9 Å². The molecule has 0 spiro atoms. The fourth-order valence-electron chi connectivity index (χ4n) is 1.77. The Hall–Kier alpha value is -2.82. The molecular weight excluding hydrogens is 297 g/mol. The summed E-state index contributed by atoms with van der Waals surface area (Å²) in [6.07, 6.45) is -1.97. The van der Waals surface area contributed by atoms with E-state index in [9.17, 15) is 13.2 Å². The van der Waals surface area contributed by atoms with Crippen LogP contribution < -0.4 is 9.64 Å². The first-order valence-electron chi connectivity index (χ1n) is 6.15. The van der Waals surface area contributed by atoms with Crippen LogP contribution in [0.5, 0.6) is 5.75 Å². The highest BCUT2D eigenvalue weighted by atomic mass is 19.4. The molecule has 1 heterocycles. The summed E-state index contributed by atoms with van der Waals surface area (Å²) in [5.41, 5.74) is 0.813. The van der Waals surface area contributed by atoms with E-state index < -0.39 is 6.36 Å². The van der Waals surface area contributed by atoms with E-state index in [1.807, 2.05) is 6.07 Å². The van der Waals surface area contributed by atoms with Gasteiger partial charge in [0.15, 0.2) is 5.69 Å². The number of ether oxygens (including phenoxy) is 1. The Morgan fingerprint density at radius 2 is 2.05 bits per heavy atom. The average Bonchev–Trinajstić information content (AvgIpc) is 2.46. The van der Waals surface area contributed by atoms with Crippen molar-refractivity contribution in [1.82, 2.24) is 9.97 Å². The van der Waals surface area contributed by atoms with Gasteiger partial charge in [0.2, 0.25) is 0 Å². The molecule has 0 aliphatic carbocycles. The zero-order chi connectivity index (χ0) is 16.2. The summed E-state index contributed by atoms with van der Waals surface area (Å²) >= 11 is 0. The first-order valence-corrected chi connectivity index (χ1v) is 6.15. The third-order valence-corrected chi connectivity index (χ3v) is 2.70. The molecule has 5 nitrogen and oxygen atoms in total. The third-order valence-electron chi connectivity index (χ3n) is 2.70. The van der Waals surface area contributed by atoms with Crippen LogP contribution in [0.4, 0.5) is 19.0 Å². The van der Waals surface area contributed by atoms with Gasteiger partial charge in [-0.15, -0.1) is 13.2 Å². The molecule has 0 unspecified atom stereocenters. The highest BCUT2D eigenvalue weighted by Gasteiger charge is 2.31. The van der Waals surface area contributed by atoms with E-state index in [-0.39, 0.29) is 11.4 Å². The first-order chi connectivity index (χ1) is 10.4. The van der Waals surface area contributed by atoms with Gasteiger partial charge in [0.1, 0.15) is 17.6 Å². The maximum absolute atomic E-state index is 12.2. The summed E-state index contributed by atoms with van der Waals surface area (Å²) in [6.45, 7) is 0.315. The Bertz CT molecular complexity index is 680. The van der Waals surface area contributed by atoms with E-state index in [4.69, 9.17) is 5.26 Å². The monoisotopic (exact) mass is 308 g/mol. The minimum absolute atomic E-state index is 0.192. The molecule has 1 aromatic carbocycles. The van der Waals surface area contributed by atoms with Crippen molar-refractivity contribution in [2.45, 2.75) is 12.9 Å². The molecule has 0 saturated carbocycles. The molecule has 1 aromatic heterocycles. The van der Waals surface area contributed by atoms with Crippen molar-refractivity contribution in [3.63, 3.8) is 0 Å². The van der Waals surface area contributed by atoms with Crippen LogP contribution in [0, 0.1) is 11.3 Å². The lowest BCUT2D eigenvalue weighted by Gasteiger charge is -2.18. The highest BCUT2D eigenvalue weighted by molar-refractivity contribution is 5.38. The summed E-state index contributed by atoms with van der Waals surface area (Å²) < 4.78 is 40.5. The van der Waals surface area contributed by atoms with Crippen LogP contribution in [0.25, 0.3) is 0 Å². The van der Waals surface area contributed by atoms with Gasteiger partial charge in [-0.05, 0) is 17.7 Å². The number of anilines is 1. The Labute approximate surface area is 124 Å². The lowest BCUT2D eigenvalue weighted by molar-refractivity contribution is -0.274. The summed E-state index contributed by atoms with van der Waals surface area (Å²) in [4.78, 5) is 9.64. The molecular formula is C14H11F3N4O. The molecule has 2 aromatic rings. The molecule has 0 N–H and O–H groups in total. The van der Waals surface area contributed by atoms with Crippen LogP contribution in [0.2, 0.25) is 0 Å². The van der Waals surface area contributed by atoms with E-state index in [1.54, 1.807) is 18.0 Å². The summed E-state index contributed by atoms with van der Waals surface area (Å²) in [6, 6.07) is 7.56. The first kappa shape index (κ1) is 15.6. The Morgan fingerprint density at radius 1 is 1.27 bits per heavy atom. The van der Waals surface area contributed by atoms with Gasteiger partial charge in [-0.3, -0.25) is 0 Å². The normalized spacial score (nSPS) is 10.9. The predicted octanol–water partition coefficient (Wildman–Crippen LogP) is 2.88. The average molecular weight is 308 g/mol. The van der Waals surface area contributed by atoms with Crippen LogP contribution in [-0.2, 0) is 6.54 Å². The molecule has 0 radical (unpaired) electrons. The van der Waals surface area contributed by atoms with Gasteiger partial charge < -0.3 is 9.64 Å². The fraction of sp³-hybridized carbons (Fsp3) is 0.214. The largest absolute Gasteiger partial charge is 0.573 e. The van der Waals surface area contributed by atoms with E-state index in [1.165, 1.54) is 30.6 Å².